The second-order valence-corrected chi connectivity index (χ2v) is 6.59. The zero-order valence-corrected chi connectivity index (χ0v) is 14.8. The average Bonchev–Trinajstić information content (AvgIpc) is 3.07. The summed E-state index contributed by atoms with van der Waals surface area (Å²) in [5.41, 5.74) is 0.152. The summed E-state index contributed by atoms with van der Waals surface area (Å²) in [6, 6.07) is 6.89. The minimum Gasteiger partial charge on any atom is -0.299 e. The van der Waals surface area contributed by atoms with Crippen molar-refractivity contribution in [3.63, 3.8) is 0 Å². The number of carbonyl (C=O) groups excluding carboxylic acids is 1. The van der Waals surface area contributed by atoms with E-state index in [4.69, 9.17) is 0 Å². The van der Waals surface area contributed by atoms with Crippen LogP contribution in [-0.2, 0) is 11.3 Å². The van der Waals surface area contributed by atoms with Crippen molar-refractivity contribution in [3.05, 3.63) is 39.6 Å². The average molecular weight is 358 g/mol. The van der Waals surface area contributed by atoms with Crippen LogP contribution in [0.2, 0.25) is 0 Å². The molecule has 0 fully saturated rings. The molecule has 2 heterocycles. The third kappa shape index (κ3) is 3.71. The summed E-state index contributed by atoms with van der Waals surface area (Å²) in [6.45, 7) is 3.97. The molecule has 1 aromatic carbocycles. The first-order valence-corrected chi connectivity index (χ1v) is 8.89. The van der Waals surface area contributed by atoms with Crippen molar-refractivity contribution >= 4 is 33.3 Å². The molecule has 0 aliphatic heterocycles. The highest BCUT2D eigenvalue weighted by molar-refractivity contribution is 7.15. The van der Waals surface area contributed by atoms with Crippen LogP contribution in [0.25, 0.3) is 10.9 Å². The smallest absolute Gasteiger partial charge is 0.278 e. The molecule has 0 aliphatic rings. The molecule has 1 N–H and O–H groups in total. The quantitative estimate of drug-likeness (QED) is 0.724. The number of carbonyl (C=O) groups is 1. The van der Waals surface area contributed by atoms with Gasteiger partial charge >= 0.3 is 0 Å². The second kappa shape index (κ2) is 7.47. The standard InChI is InChI=1S/C16H18N6O2S/c1-3-10(4-2)14-19-20-16(25-14)17-13(23)9-22-15(24)11-7-5-6-8-12(11)18-21-22/h5-8,10H,3-4,9H2,1-2H3,(H,17,20,23). The molecule has 0 saturated heterocycles. The Morgan fingerprint density at radius 2 is 1.96 bits per heavy atom. The van der Waals surface area contributed by atoms with Gasteiger partial charge in [-0.25, -0.2) is 4.68 Å². The molecule has 25 heavy (non-hydrogen) atoms. The number of amides is 1. The van der Waals surface area contributed by atoms with Gasteiger partial charge in [-0.1, -0.05) is 42.5 Å². The van der Waals surface area contributed by atoms with Crippen molar-refractivity contribution in [2.24, 2.45) is 0 Å². The zero-order valence-electron chi connectivity index (χ0n) is 14.0. The number of aromatic nitrogens is 5. The molecule has 0 radical (unpaired) electrons. The maximum atomic E-state index is 12.3. The summed E-state index contributed by atoms with van der Waals surface area (Å²) in [5, 5.41) is 20.3. The van der Waals surface area contributed by atoms with Gasteiger partial charge in [0.2, 0.25) is 11.0 Å². The van der Waals surface area contributed by atoms with Crippen molar-refractivity contribution in [1.29, 1.82) is 0 Å². The molecule has 0 spiro atoms. The first-order valence-electron chi connectivity index (χ1n) is 8.08. The van der Waals surface area contributed by atoms with Crippen LogP contribution in [0.5, 0.6) is 0 Å². The molecular formula is C16H18N6O2S. The van der Waals surface area contributed by atoms with Gasteiger partial charge in [0.1, 0.15) is 17.1 Å². The fraction of sp³-hybridized carbons (Fsp3) is 0.375. The van der Waals surface area contributed by atoms with Gasteiger partial charge < -0.3 is 0 Å². The topological polar surface area (TPSA) is 103 Å². The van der Waals surface area contributed by atoms with E-state index in [0.717, 1.165) is 22.5 Å². The predicted octanol–water partition coefficient (Wildman–Crippen LogP) is 2.19. The van der Waals surface area contributed by atoms with Crippen molar-refractivity contribution in [2.45, 2.75) is 39.2 Å². The Labute approximate surface area is 147 Å². The maximum absolute atomic E-state index is 12.3. The lowest BCUT2D eigenvalue weighted by Crippen LogP contribution is -2.30. The van der Waals surface area contributed by atoms with E-state index in [0.29, 0.717) is 22.0 Å². The molecule has 1 amide bonds. The first-order chi connectivity index (χ1) is 12.1. The normalized spacial score (nSPS) is 11.2. The van der Waals surface area contributed by atoms with E-state index < -0.39 is 0 Å². The van der Waals surface area contributed by atoms with Crippen LogP contribution in [0.3, 0.4) is 0 Å². The van der Waals surface area contributed by atoms with E-state index >= 15 is 0 Å². The van der Waals surface area contributed by atoms with Gasteiger partial charge in [0.25, 0.3) is 5.56 Å². The number of fused-ring (bicyclic) bond motifs is 1. The molecule has 0 unspecified atom stereocenters. The Kier molecular flexibility index (Phi) is 5.13. The van der Waals surface area contributed by atoms with Crippen LogP contribution in [0.4, 0.5) is 5.13 Å². The number of hydrogen-bond donors (Lipinski definition) is 1. The van der Waals surface area contributed by atoms with Gasteiger partial charge in [-0.15, -0.1) is 15.3 Å². The lowest BCUT2D eigenvalue weighted by molar-refractivity contribution is -0.117. The molecule has 0 atom stereocenters. The van der Waals surface area contributed by atoms with E-state index in [9.17, 15) is 9.59 Å². The van der Waals surface area contributed by atoms with Crippen molar-refractivity contribution in [1.82, 2.24) is 25.2 Å². The minimum absolute atomic E-state index is 0.226. The van der Waals surface area contributed by atoms with Crippen LogP contribution in [0.15, 0.2) is 29.1 Å². The number of anilines is 1. The molecule has 2 aromatic heterocycles. The maximum Gasteiger partial charge on any atom is 0.278 e. The molecule has 9 heteroatoms. The fourth-order valence-electron chi connectivity index (χ4n) is 2.51. The lowest BCUT2D eigenvalue weighted by Gasteiger charge is -2.06. The van der Waals surface area contributed by atoms with Crippen molar-refractivity contribution < 1.29 is 4.79 Å². The van der Waals surface area contributed by atoms with Crippen LogP contribution >= 0.6 is 11.3 Å². The Balaban J connectivity index is 1.73. The van der Waals surface area contributed by atoms with Gasteiger partial charge in [0, 0.05) is 5.92 Å². The van der Waals surface area contributed by atoms with E-state index in [-0.39, 0.29) is 18.0 Å². The third-order valence-electron chi connectivity index (χ3n) is 3.94. The number of nitrogens with zero attached hydrogens (tertiary/aromatic N) is 5. The van der Waals surface area contributed by atoms with Crippen LogP contribution in [0, 0.1) is 0 Å². The molecule has 0 aliphatic carbocycles. The molecule has 3 rings (SSSR count). The number of rotatable bonds is 6. The lowest BCUT2D eigenvalue weighted by atomic mass is 10.1. The van der Waals surface area contributed by atoms with Crippen molar-refractivity contribution in [2.75, 3.05) is 5.32 Å². The summed E-state index contributed by atoms with van der Waals surface area (Å²) in [5.74, 6) is -0.0453. The summed E-state index contributed by atoms with van der Waals surface area (Å²) < 4.78 is 1.04. The molecule has 0 bridgehead atoms. The predicted molar refractivity (Wildman–Crippen MR) is 95.7 cm³/mol. The largest absolute Gasteiger partial charge is 0.299 e. The molecule has 3 aromatic rings. The van der Waals surface area contributed by atoms with Crippen LogP contribution < -0.4 is 10.9 Å². The van der Waals surface area contributed by atoms with E-state index in [2.05, 4.69) is 39.7 Å². The first kappa shape index (κ1) is 17.2. The number of hydrogen-bond acceptors (Lipinski definition) is 7. The van der Waals surface area contributed by atoms with E-state index in [1.54, 1.807) is 24.3 Å². The minimum atomic E-state index is -0.390. The van der Waals surface area contributed by atoms with Gasteiger partial charge in [-0.05, 0) is 25.0 Å². The highest BCUT2D eigenvalue weighted by atomic mass is 32.1. The molecule has 0 saturated carbocycles. The van der Waals surface area contributed by atoms with Crippen LogP contribution in [-0.4, -0.2) is 31.1 Å². The summed E-state index contributed by atoms with van der Waals surface area (Å²) in [6.07, 6.45) is 1.95. The fourth-order valence-corrected chi connectivity index (χ4v) is 3.54. The zero-order chi connectivity index (χ0) is 17.8. The highest BCUT2D eigenvalue weighted by Crippen LogP contribution is 2.27. The van der Waals surface area contributed by atoms with Gasteiger partial charge in [0.05, 0.1) is 5.39 Å². The number of benzene rings is 1. The molecule has 8 nitrogen and oxygen atoms in total. The van der Waals surface area contributed by atoms with E-state index in [1.165, 1.54) is 11.3 Å². The Morgan fingerprint density at radius 1 is 1.20 bits per heavy atom. The summed E-state index contributed by atoms with van der Waals surface area (Å²) in [7, 11) is 0. The van der Waals surface area contributed by atoms with Crippen molar-refractivity contribution in [3.8, 4) is 0 Å². The summed E-state index contributed by atoms with van der Waals surface area (Å²) in [4.78, 5) is 24.5. The Morgan fingerprint density at radius 3 is 2.72 bits per heavy atom. The Bertz CT molecular complexity index is 947. The third-order valence-corrected chi connectivity index (χ3v) is 4.95. The molecular weight excluding hydrogens is 340 g/mol. The Hall–Kier alpha value is -2.68. The van der Waals surface area contributed by atoms with Gasteiger partial charge in [0.15, 0.2) is 0 Å². The molecule has 130 valence electrons. The monoisotopic (exact) mass is 358 g/mol. The second-order valence-electron chi connectivity index (χ2n) is 5.58. The number of nitrogens with one attached hydrogen (secondary N) is 1. The van der Waals surface area contributed by atoms with Crippen LogP contribution in [0.1, 0.15) is 37.6 Å². The van der Waals surface area contributed by atoms with E-state index in [1.807, 2.05) is 0 Å². The van der Waals surface area contributed by atoms with Gasteiger partial charge in [-0.2, -0.15) is 0 Å². The SMILES string of the molecule is CCC(CC)c1nnc(NC(=O)Cn2nnc3ccccc3c2=O)s1. The van der Waals surface area contributed by atoms with Gasteiger partial charge in [-0.3, -0.25) is 14.9 Å². The summed E-state index contributed by atoms with van der Waals surface area (Å²) >= 11 is 1.36. The highest BCUT2D eigenvalue weighted by Gasteiger charge is 2.15.